The van der Waals surface area contributed by atoms with Crippen molar-refractivity contribution in [3.63, 3.8) is 0 Å². The quantitative estimate of drug-likeness (QED) is 0.627. The fourth-order valence-electron chi connectivity index (χ4n) is 1.22. The van der Waals surface area contributed by atoms with Crippen LogP contribution in [0.5, 0.6) is 0 Å². The zero-order valence-corrected chi connectivity index (χ0v) is 7.38. The first kappa shape index (κ1) is 8.34. The largest absolute Gasteiger partial charge is 0.345 e. The first-order valence-electron chi connectivity index (χ1n) is 3.72. The standard InChI is InChI=1S/C8H7ClN2O2/c9-6-2-1-5-4-11(13)8(12)10-7(5)3-6/h1-3,13H,4H2,(H,10,12). The minimum absolute atomic E-state index is 0.193. The van der Waals surface area contributed by atoms with Crippen LogP contribution in [0.15, 0.2) is 18.2 Å². The molecule has 68 valence electrons. The third-order valence-corrected chi connectivity index (χ3v) is 2.10. The molecule has 1 aliphatic rings. The molecule has 0 aromatic heterocycles. The number of hydroxylamine groups is 2. The maximum atomic E-state index is 11.0. The summed E-state index contributed by atoms with van der Waals surface area (Å²) in [5.74, 6) is 0. The van der Waals surface area contributed by atoms with E-state index in [2.05, 4.69) is 5.32 Å². The van der Waals surface area contributed by atoms with E-state index in [-0.39, 0.29) is 6.54 Å². The summed E-state index contributed by atoms with van der Waals surface area (Å²) < 4.78 is 0. The van der Waals surface area contributed by atoms with E-state index in [0.717, 1.165) is 5.56 Å². The number of fused-ring (bicyclic) bond motifs is 1. The van der Waals surface area contributed by atoms with Crippen LogP contribution in [0.25, 0.3) is 0 Å². The molecule has 0 fully saturated rings. The van der Waals surface area contributed by atoms with Gasteiger partial charge in [-0.15, -0.1) is 0 Å². The van der Waals surface area contributed by atoms with E-state index in [4.69, 9.17) is 16.8 Å². The number of nitrogens with zero attached hydrogens (tertiary/aromatic N) is 1. The van der Waals surface area contributed by atoms with Crippen LogP contribution in [0.1, 0.15) is 5.56 Å². The van der Waals surface area contributed by atoms with Gasteiger partial charge in [0.05, 0.1) is 6.54 Å². The fraction of sp³-hybridized carbons (Fsp3) is 0.125. The van der Waals surface area contributed by atoms with Crippen LogP contribution >= 0.6 is 11.6 Å². The van der Waals surface area contributed by atoms with Crippen molar-refractivity contribution in [2.75, 3.05) is 5.32 Å². The van der Waals surface area contributed by atoms with Gasteiger partial charge in [-0.3, -0.25) is 5.21 Å². The Hall–Kier alpha value is -1.26. The SMILES string of the molecule is O=C1Nc2cc(Cl)ccc2CN1O. The number of benzene rings is 1. The lowest BCUT2D eigenvalue weighted by Gasteiger charge is -2.23. The zero-order chi connectivity index (χ0) is 9.42. The molecule has 0 saturated heterocycles. The topological polar surface area (TPSA) is 52.6 Å². The molecule has 1 aromatic carbocycles. The second kappa shape index (κ2) is 2.90. The highest BCUT2D eigenvalue weighted by molar-refractivity contribution is 6.31. The molecule has 1 aromatic rings. The normalized spacial score (nSPS) is 15.2. The van der Waals surface area contributed by atoms with Crippen molar-refractivity contribution in [2.24, 2.45) is 0 Å². The summed E-state index contributed by atoms with van der Waals surface area (Å²) in [7, 11) is 0. The van der Waals surface area contributed by atoms with Gasteiger partial charge in [0, 0.05) is 10.7 Å². The smallest absolute Gasteiger partial charge is 0.306 e. The average molecular weight is 199 g/mol. The molecule has 5 heteroatoms. The number of carbonyl (C=O) groups is 1. The van der Waals surface area contributed by atoms with E-state index in [9.17, 15) is 4.79 Å². The summed E-state index contributed by atoms with van der Waals surface area (Å²) in [5, 5.41) is 12.8. The van der Waals surface area contributed by atoms with Crippen LogP contribution in [0.3, 0.4) is 0 Å². The van der Waals surface area contributed by atoms with E-state index < -0.39 is 6.03 Å². The fourth-order valence-corrected chi connectivity index (χ4v) is 1.39. The molecular weight excluding hydrogens is 192 g/mol. The number of rotatable bonds is 0. The maximum Gasteiger partial charge on any atom is 0.345 e. The van der Waals surface area contributed by atoms with Crippen LogP contribution in [0.4, 0.5) is 10.5 Å². The Balaban J connectivity index is 2.42. The van der Waals surface area contributed by atoms with Gasteiger partial charge in [0.1, 0.15) is 0 Å². The van der Waals surface area contributed by atoms with Crippen molar-refractivity contribution < 1.29 is 10.0 Å². The summed E-state index contributed by atoms with van der Waals surface area (Å²) in [6.45, 7) is 0.193. The van der Waals surface area contributed by atoms with Crippen LogP contribution < -0.4 is 5.32 Å². The Morgan fingerprint density at radius 2 is 2.31 bits per heavy atom. The second-order valence-electron chi connectivity index (χ2n) is 2.79. The molecule has 13 heavy (non-hydrogen) atoms. The number of anilines is 1. The van der Waals surface area contributed by atoms with Crippen LogP contribution in [0.2, 0.25) is 5.02 Å². The van der Waals surface area contributed by atoms with Crippen molar-refractivity contribution in [1.82, 2.24) is 5.06 Å². The van der Waals surface area contributed by atoms with Crippen molar-refractivity contribution in [1.29, 1.82) is 0 Å². The molecule has 0 atom stereocenters. The number of carbonyl (C=O) groups excluding carboxylic acids is 1. The first-order chi connectivity index (χ1) is 6.16. The maximum absolute atomic E-state index is 11.0. The summed E-state index contributed by atoms with van der Waals surface area (Å²) in [6, 6.07) is 4.60. The van der Waals surface area contributed by atoms with Gasteiger partial charge in [-0.1, -0.05) is 17.7 Å². The molecule has 0 spiro atoms. The Kier molecular flexibility index (Phi) is 1.86. The monoisotopic (exact) mass is 198 g/mol. The first-order valence-corrected chi connectivity index (χ1v) is 4.10. The predicted molar refractivity (Wildman–Crippen MR) is 47.8 cm³/mol. The van der Waals surface area contributed by atoms with E-state index in [1.54, 1.807) is 18.2 Å². The Morgan fingerprint density at radius 3 is 3.08 bits per heavy atom. The lowest BCUT2D eigenvalue weighted by Crippen LogP contribution is -2.35. The number of halogens is 1. The lowest BCUT2D eigenvalue weighted by atomic mass is 10.1. The average Bonchev–Trinajstić information content (AvgIpc) is 2.08. The van der Waals surface area contributed by atoms with Gasteiger partial charge in [0.2, 0.25) is 0 Å². The second-order valence-corrected chi connectivity index (χ2v) is 3.23. The van der Waals surface area contributed by atoms with Gasteiger partial charge in [-0.2, -0.15) is 0 Å². The van der Waals surface area contributed by atoms with E-state index >= 15 is 0 Å². The van der Waals surface area contributed by atoms with Gasteiger partial charge in [-0.05, 0) is 17.7 Å². The summed E-state index contributed by atoms with van der Waals surface area (Å²) in [6.07, 6.45) is 0. The third-order valence-electron chi connectivity index (χ3n) is 1.87. The number of nitrogens with one attached hydrogen (secondary N) is 1. The van der Waals surface area contributed by atoms with Gasteiger partial charge < -0.3 is 5.32 Å². The van der Waals surface area contributed by atoms with Gasteiger partial charge >= 0.3 is 6.03 Å². The number of hydrogen-bond donors (Lipinski definition) is 2. The predicted octanol–water partition coefficient (Wildman–Crippen LogP) is 2.08. The Bertz CT molecular complexity index is 367. The zero-order valence-electron chi connectivity index (χ0n) is 6.62. The van der Waals surface area contributed by atoms with Gasteiger partial charge in [0.15, 0.2) is 0 Å². The molecule has 1 heterocycles. The highest BCUT2D eigenvalue weighted by Crippen LogP contribution is 2.25. The van der Waals surface area contributed by atoms with Crippen molar-refractivity contribution in [2.45, 2.75) is 6.54 Å². The Morgan fingerprint density at radius 1 is 1.54 bits per heavy atom. The lowest BCUT2D eigenvalue weighted by molar-refractivity contribution is -0.0469. The summed E-state index contributed by atoms with van der Waals surface area (Å²) in [5.41, 5.74) is 1.49. The van der Waals surface area contributed by atoms with Crippen LogP contribution in [-0.4, -0.2) is 16.3 Å². The Labute approximate surface area is 79.7 Å². The molecule has 2 rings (SSSR count). The molecule has 0 aliphatic carbocycles. The molecule has 1 aliphatic heterocycles. The van der Waals surface area contributed by atoms with Crippen molar-refractivity contribution in [3.05, 3.63) is 28.8 Å². The van der Waals surface area contributed by atoms with E-state index in [1.165, 1.54) is 0 Å². The minimum Gasteiger partial charge on any atom is -0.306 e. The molecule has 0 bridgehead atoms. The van der Waals surface area contributed by atoms with Crippen LogP contribution in [-0.2, 0) is 6.54 Å². The number of hydrogen-bond acceptors (Lipinski definition) is 2. The van der Waals surface area contributed by atoms with E-state index in [0.29, 0.717) is 15.8 Å². The van der Waals surface area contributed by atoms with Crippen LogP contribution in [0, 0.1) is 0 Å². The molecular formula is C8H7ClN2O2. The summed E-state index contributed by atoms with van der Waals surface area (Å²) in [4.78, 5) is 11.0. The minimum atomic E-state index is -0.533. The highest BCUT2D eigenvalue weighted by Gasteiger charge is 2.20. The molecule has 4 nitrogen and oxygen atoms in total. The van der Waals surface area contributed by atoms with Crippen molar-refractivity contribution in [3.8, 4) is 0 Å². The number of amides is 2. The van der Waals surface area contributed by atoms with Crippen molar-refractivity contribution >= 4 is 23.3 Å². The molecule has 0 saturated carbocycles. The highest BCUT2D eigenvalue weighted by atomic mass is 35.5. The van der Waals surface area contributed by atoms with Gasteiger partial charge in [-0.25, -0.2) is 9.86 Å². The molecule has 0 radical (unpaired) electrons. The number of urea groups is 1. The molecule has 2 N–H and O–H groups in total. The van der Waals surface area contributed by atoms with Gasteiger partial charge in [0.25, 0.3) is 0 Å². The summed E-state index contributed by atoms with van der Waals surface area (Å²) >= 11 is 5.73. The molecule has 2 amide bonds. The third kappa shape index (κ3) is 1.46. The van der Waals surface area contributed by atoms with E-state index in [1.807, 2.05) is 0 Å². The molecule has 0 unspecified atom stereocenters.